The van der Waals surface area contributed by atoms with E-state index in [-0.39, 0.29) is 18.5 Å². The van der Waals surface area contributed by atoms with Crippen molar-refractivity contribution in [2.75, 3.05) is 0 Å². The van der Waals surface area contributed by atoms with Crippen LogP contribution < -0.4 is 0 Å². The van der Waals surface area contributed by atoms with Crippen molar-refractivity contribution < 1.29 is 19.4 Å². The van der Waals surface area contributed by atoms with E-state index in [0.717, 1.165) is 57.8 Å². The van der Waals surface area contributed by atoms with Crippen molar-refractivity contribution in [3.8, 4) is 0 Å². The normalized spacial score (nSPS) is 10.8. The van der Waals surface area contributed by atoms with Crippen LogP contribution in [0.3, 0.4) is 0 Å². The van der Waals surface area contributed by atoms with Crippen molar-refractivity contribution >= 4 is 11.9 Å². The van der Waals surface area contributed by atoms with Crippen molar-refractivity contribution in [3.63, 3.8) is 0 Å². The summed E-state index contributed by atoms with van der Waals surface area (Å²) in [5.41, 5.74) is 0. The summed E-state index contributed by atoms with van der Waals surface area (Å²) in [7, 11) is 0. The number of carbonyl (C=O) groups excluding carboxylic acids is 1. The molecule has 0 saturated heterocycles. The van der Waals surface area contributed by atoms with Gasteiger partial charge in [0.1, 0.15) is 6.10 Å². The topological polar surface area (TPSA) is 63.6 Å². The van der Waals surface area contributed by atoms with Gasteiger partial charge < -0.3 is 9.84 Å². The molecule has 0 unspecified atom stereocenters. The molecular formula is C25H44O4. The first-order valence-electron chi connectivity index (χ1n) is 11.7. The predicted molar refractivity (Wildman–Crippen MR) is 121 cm³/mol. The lowest BCUT2D eigenvalue weighted by atomic mass is 10.0. The molecule has 0 aromatic rings. The minimum Gasteiger partial charge on any atom is -0.481 e. The first-order chi connectivity index (χ1) is 14.1. The fraction of sp³-hybridized carbons (Fsp3) is 0.760. The largest absolute Gasteiger partial charge is 0.481 e. The molecule has 0 radical (unpaired) electrons. The Hall–Kier alpha value is -1.58. The Morgan fingerprint density at radius 3 is 1.62 bits per heavy atom. The molecule has 0 bridgehead atoms. The third-order valence-electron chi connectivity index (χ3n) is 5.19. The Morgan fingerprint density at radius 1 is 0.690 bits per heavy atom. The molecule has 0 atom stereocenters. The standard InChI is InChI=1S/C25H44O4/c1-3-5-7-9-11-15-19-23(20-16-12-10-8-6-4-2)29-25(28)22-18-14-13-17-21-24(26)27/h3-4,23H,1-2,5-22H2,(H,26,27). The molecule has 0 aliphatic rings. The van der Waals surface area contributed by atoms with Crippen LogP contribution in [0, 0.1) is 0 Å². The predicted octanol–water partition coefficient (Wildman–Crippen LogP) is 7.38. The van der Waals surface area contributed by atoms with Gasteiger partial charge in [0.15, 0.2) is 0 Å². The van der Waals surface area contributed by atoms with Gasteiger partial charge >= 0.3 is 11.9 Å². The smallest absolute Gasteiger partial charge is 0.306 e. The second-order valence-corrected chi connectivity index (χ2v) is 7.98. The van der Waals surface area contributed by atoms with Crippen LogP contribution in [0.2, 0.25) is 0 Å². The van der Waals surface area contributed by atoms with E-state index < -0.39 is 5.97 Å². The third-order valence-corrected chi connectivity index (χ3v) is 5.19. The number of carbonyl (C=O) groups is 2. The Balaban J connectivity index is 4.05. The van der Waals surface area contributed by atoms with Gasteiger partial charge in [-0.15, -0.1) is 13.2 Å². The van der Waals surface area contributed by atoms with E-state index in [0.29, 0.717) is 12.8 Å². The van der Waals surface area contributed by atoms with E-state index in [1.54, 1.807) is 0 Å². The lowest BCUT2D eigenvalue weighted by molar-refractivity contribution is -0.150. The quantitative estimate of drug-likeness (QED) is 0.115. The van der Waals surface area contributed by atoms with Gasteiger partial charge in [-0.3, -0.25) is 9.59 Å². The van der Waals surface area contributed by atoms with Crippen molar-refractivity contribution in [1.29, 1.82) is 0 Å². The lowest BCUT2D eigenvalue weighted by Gasteiger charge is -2.18. The van der Waals surface area contributed by atoms with Crippen LogP contribution in [-0.4, -0.2) is 23.1 Å². The number of unbranched alkanes of at least 4 members (excludes halogenated alkanes) is 11. The molecule has 4 nitrogen and oxygen atoms in total. The molecule has 0 aliphatic carbocycles. The summed E-state index contributed by atoms with van der Waals surface area (Å²) in [5.74, 6) is -0.840. The van der Waals surface area contributed by atoms with Gasteiger partial charge in [0, 0.05) is 12.8 Å². The number of carboxylic acids is 1. The van der Waals surface area contributed by atoms with Gasteiger partial charge in [0.2, 0.25) is 0 Å². The monoisotopic (exact) mass is 408 g/mol. The maximum atomic E-state index is 12.2. The van der Waals surface area contributed by atoms with Crippen molar-refractivity contribution in [2.45, 2.75) is 122 Å². The van der Waals surface area contributed by atoms with Gasteiger partial charge in [0.25, 0.3) is 0 Å². The van der Waals surface area contributed by atoms with E-state index in [1.165, 1.54) is 38.5 Å². The molecule has 0 amide bonds. The fourth-order valence-electron chi connectivity index (χ4n) is 3.43. The second kappa shape index (κ2) is 21.1. The van der Waals surface area contributed by atoms with Crippen LogP contribution in [0.4, 0.5) is 0 Å². The summed E-state index contributed by atoms with van der Waals surface area (Å²) >= 11 is 0. The molecule has 0 aromatic carbocycles. The highest BCUT2D eigenvalue weighted by Crippen LogP contribution is 2.18. The zero-order chi connectivity index (χ0) is 21.6. The van der Waals surface area contributed by atoms with Crippen LogP contribution in [0.25, 0.3) is 0 Å². The number of hydrogen-bond acceptors (Lipinski definition) is 3. The molecular weight excluding hydrogens is 364 g/mol. The van der Waals surface area contributed by atoms with E-state index in [9.17, 15) is 9.59 Å². The van der Waals surface area contributed by atoms with Gasteiger partial charge in [0.05, 0.1) is 0 Å². The van der Waals surface area contributed by atoms with Crippen LogP contribution in [0.1, 0.15) is 116 Å². The summed E-state index contributed by atoms with van der Waals surface area (Å²) in [5, 5.41) is 8.64. The molecule has 168 valence electrons. The average molecular weight is 409 g/mol. The van der Waals surface area contributed by atoms with Crippen molar-refractivity contribution in [2.24, 2.45) is 0 Å². The molecule has 0 saturated carbocycles. The van der Waals surface area contributed by atoms with E-state index >= 15 is 0 Å². The number of rotatable bonds is 22. The third kappa shape index (κ3) is 21.0. The summed E-state index contributed by atoms with van der Waals surface area (Å²) in [4.78, 5) is 22.7. The molecule has 0 aliphatic heterocycles. The van der Waals surface area contributed by atoms with Gasteiger partial charge in [-0.1, -0.05) is 50.7 Å². The van der Waals surface area contributed by atoms with Gasteiger partial charge in [-0.25, -0.2) is 0 Å². The zero-order valence-electron chi connectivity index (χ0n) is 18.5. The SMILES string of the molecule is C=CCCCCCCC(CCCCCCC=C)OC(=O)CCCCCCC(=O)O. The first-order valence-corrected chi connectivity index (χ1v) is 11.7. The lowest BCUT2D eigenvalue weighted by Crippen LogP contribution is -2.18. The van der Waals surface area contributed by atoms with Crippen LogP contribution in [0.5, 0.6) is 0 Å². The molecule has 29 heavy (non-hydrogen) atoms. The van der Waals surface area contributed by atoms with Crippen molar-refractivity contribution in [3.05, 3.63) is 25.3 Å². The minimum absolute atomic E-state index is 0.0494. The van der Waals surface area contributed by atoms with Crippen molar-refractivity contribution in [1.82, 2.24) is 0 Å². The number of hydrogen-bond donors (Lipinski definition) is 1. The Morgan fingerprint density at radius 2 is 1.14 bits per heavy atom. The molecule has 0 heterocycles. The highest BCUT2D eigenvalue weighted by atomic mass is 16.5. The van der Waals surface area contributed by atoms with Crippen LogP contribution in [0.15, 0.2) is 25.3 Å². The zero-order valence-corrected chi connectivity index (χ0v) is 18.5. The molecule has 0 aromatic heterocycles. The maximum absolute atomic E-state index is 12.2. The van der Waals surface area contributed by atoms with Gasteiger partial charge in [-0.05, 0) is 64.2 Å². The number of carboxylic acid groups (broad SMARTS) is 1. The maximum Gasteiger partial charge on any atom is 0.306 e. The number of aliphatic carboxylic acids is 1. The highest BCUT2D eigenvalue weighted by Gasteiger charge is 2.14. The number of allylic oxidation sites excluding steroid dienone is 2. The van der Waals surface area contributed by atoms with E-state index in [2.05, 4.69) is 13.2 Å². The Labute approximate surface area is 178 Å². The Bertz CT molecular complexity index is 411. The molecule has 0 spiro atoms. The molecule has 0 fully saturated rings. The van der Waals surface area contributed by atoms with E-state index in [4.69, 9.17) is 9.84 Å². The summed E-state index contributed by atoms with van der Waals surface area (Å²) < 4.78 is 5.79. The summed E-state index contributed by atoms with van der Waals surface area (Å²) in [6.07, 6.45) is 21.4. The van der Waals surface area contributed by atoms with Gasteiger partial charge in [-0.2, -0.15) is 0 Å². The number of ether oxygens (including phenoxy) is 1. The number of esters is 1. The first kappa shape index (κ1) is 27.4. The van der Waals surface area contributed by atoms with Crippen LogP contribution in [-0.2, 0) is 14.3 Å². The minimum atomic E-state index is -0.749. The highest BCUT2D eigenvalue weighted by molar-refractivity contribution is 5.69. The van der Waals surface area contributed by atoms with Crippen LogP contribution >= 0.6 is 0 Å². The summed E-state index contributed by atoms with van der Waals surface area (Å²) in [6, 6.07) is 0. The Kier molecular flexibility index (Phi) is 20.0. The average Bonchev–Trinajstić information content (AvgIpc) is 2.69. The molecule has 0 rings (SSSR count). The second-order valence-electron chi connectivity index (χ2n) is 7.98. The fourth-order valence-corrected chi connectivity index (χ4v) is 3.43. The summed E-state index contributed by atoms with van der Waals surface area (Å²) in [6.45, 7) is 7.52. The van der Waals surface area contributed by atoms with E-state index in [1.807, 2.05) is 12.2 Å². The molecule has 1 N–H and O–H groups in total. The molecule has 4 heteroatoms.